The molecule has 0 radical (unpaired) electrons. The molecule has 15 heavy (non-hydrogen) atoms. The van der Waals surface area contributed by atoms with Crippen LogP contribution in [0.1, 0.15) is 51.9 Å². The number of hydrogen-bond acceptors (Lipinski definition) is 2. The molecular formula is C13H26N2. The zero-order chi connectivity index (χ0) is 10.6. The van der Waals surface area contributed by atoms with Crippen LogP contribution in [0.4, 0.5) is 0 Å². The number of hydrogen-bond donors (Lipinski definition) is 2. The molecule has 0 amide bonds. The first-order valence-electron chi connectivity index (χ1n) is 6.74. The zero-order valence-electron chi connectivity index (χ0n) is 10.1. The quantitative estimate of drug-likeness (QED) is 0.680. The Morgan fingerprint density at radius 1 is 1.27 bits per heavy atom. The van der Waals surface area contributed by atoms with Crippen molar-refractivity contribution in [3.8, 4) is 0 Å². The van der Waals surface area contributed by atoms with E-state index in [2.05, 4.69) is 17.6 Å². The minimum absolute atomic E-state index is 0.373. The topological polar surface area (TPSA) is 24.1 Å². The molecule has 1 unspecified atom stereocenters. The van der Waals surface area contributed by atoms with Gasteiger partial charge in [0.15, 0.2) is 0 Å². The fourth-order valence-electron chi connectivity index (χ4n) is 2.72. The normalized spacial score (nSPS) is 32.6. The first kappa shape index (κ1) is 11.4. The number of piperidine rings is 1. The van der Waals surface area contributed by atoms with Crippen LogP contribution in [0.15, 0.2) is 0 Å². The summed E-state index contributed by atoms with van der Waals surface area (Å²) < 4.78 is 0. The van der Waals surface area contributed by atoms with E-state index in [0.29, 0.717) is 5.54 Å². The van der Waals surface area contributed by atoms with Crippen molar-refractivity contribution in [2.45, 2.75) is 57.4 Å². The lowest BCUT2D eigenvalue weighted by atomic mass is 9.83. The Kier molecular flexibility index (Phi) is 4.04. The Bertz CT molecular complexity index is 181. The Labute approximate surface area is 94.2 Å². The molecule has 2 fully saturated rings. The van der Waals surface area contributed by atoms with Crippen LogP contribution >= 0.6 is 0 Å². The van der Waals surface area contributed by atoms with Gasteiger partial charge < -0.3 is 10.6 Å². The summed E-state index contributed by atoms with van der Waals surface area (Å²) >= 11 is 0. The van der Waals surface area contributed by atoms with E-state index in [1.165, 1.54) is 58.0 Å². The van der Waals surface area contributed by atoms with Crippen LogP contribution in [0.2, 0.25) is 0 Å². The van der Waals surface area contributed by atoms with Crippen molar-refractivity contribution in [2.24, 2.45) is 5.92 Å². The second-order valence-electron chi connectivity index (χ2n) is 5.71. The third kappa shape index (κ3) is 3.46. The van der Waals surface area contributed by atoms with E-state index >= 15 is 0 Å². The third-order valence-electron chi connectivity index (χ3n) is 4.18. The van der Waals surface area contributed by atoms with Crippen molar-refractivity contribution >= 4 is 0 Å². The average Bonchev–Trinajstić information content (AvgIpc) is 2.16. The minimum Gasteiger partial charge on any atom is -0.315 e. The monoisotopic (exact) mass is 210 g/mol. The van der Waals surface area contributed by atoms with Gasteiger partial charge in [0, 0.05) is 12.1 Å². The number of rotatable bonds is 5. The first-order chi connectivity index (χ1) is 7.29. The summed E-state index contributed by atoms with van der Waals surface area (Å²) in [5, 5.41) is 7.28. The van der Waals surface area contributed by atoms with E-state index in [1.54, 1.807) is 0 Å². The molecule has 88 valence electrons. The lowest BCUT2D eigenvalue weighted by Gasteiger charge is -2.35. The van der Waals surface area contributed by atoms with Gasteiger partial charge in [0.2, 0.25) is 0 Å². The molecule has 0 aromatic heterocycles. The Morgan fingerprint density at radius 2 is 2.13 bits per heavy atom. The minimum atomic E-state index is 0.373. The predicted octanol–water partition coefficient (Wildman–Crippen LogP) is 2.30. The van der Waals surface area contributed by atoms with Crippen molar-refractivity contribution in [3.63, 3.8) is 0 Å². The molecule has 0 bridgehead atoms. The molecule has 0 spiro atoms. The number of nitrogens with one attached hydrogen (secondary N) is 2. The van der Waals surface area contributed by atoms with Crippen molar-refractivity contribution in [3.05, 3.63) is 0 Å². The van der Waals surface area contributed by atoms with Gasteiger partial charge in [0.05, 0.1) is 0 Å². The van der Waals surface area contributed by atoms with Crippen molar-refractivity contribution in [1.82, 2.24) is 10.6 Å². The molecule has 1 heterocycles. The molecule has 1 aliphatic carbocycles. The Hall–Kier alpha value is -0.0800. The molecule has 2 heteroatoms. The van der Waals surface area contributed by atoms with Gasteiger partial charge in [0.1, 0.15) is 0 Å². The summed E-state index contributed by atoms with van der Waals surface area (Å²) in [6.45, 7) is 5.95. The van der Waals surface area contributed by atoms with Gasteiger partial charge in [-0.1, -0.05) is 25.7 Å². The third-order valence-corrected chi connectivity index (χ3v) is 4.18. The van der Waals surface area contributed by atoms with Crippen LogP contribution in [0, 0.1) is 5.92 Å². The van der Waals surface area contributed by atoms with E-state index in [4.69, 9.17) is 0 Å². The predicted molar refractivity (Wildman–Crippen MR) is 65.1 cm³/mol. The average molecular weight is 210 g/mol. The highest BCUT2D eigenvalue weighted by molar-refractivity contribution is 4.88. The van der Waals surface area contributed by atoms with E-state index < -0.39 is 0 Å². The lowest BCUT2D eigenvalue weighted by molar-refractivity contribution is 0.253. The molecule has 1 saturated carbocycles. The van der Waals surface area contributed by atoms with Crippen molar-refractivity contribution in [1.29, 1.82) is 0 Å². The second-order valence-corrected chi connectivity index (χ2v) is 5.71. The molecule has 2 N–H and O–H groups in total. The maximum Gasteiger partial charge on any atom is 0.0277 e. The summed E-state index contributed by atoms with van der Waals surface area (Å²) in [7, 11) is 0. The molecule has 2 aliphatic rings. The molecular weight excluding hydrogens is 184 g/mol. The molecule has 2 rings (SSSR count). The van der Waals surface area contributed by atoms with Gasteiger partial charge in [-0.25, -0.2) is 0 Å². The molecule has 0 aromatic carbocycles. The fourth-order valence-corrected chi connectivity index (χ4v) is 2.72. The van der Waals surface area contributed by atoms with E-state index in [1.807, 2.05) is 0 Å². The largest absolute Gasteiger partial charge is 0.315 e. The smallest absolute Gasteiger partial charge is 0.0277 e. The van der Waals surface area contributed by atoms with E-state index in [-0.39, 0.29) is 0 Å². The highest BCUT2D eigenvalue weighted by Crippen LogP contribution is 2.28. The summed E-state index contributed by atoms with van der Waals surface area (Å²) in [6, 6.07) is 0. The summed E-state index contributed by atoms with van der Waals surface area (Å²) in [6.07, 6.45) is 9.93. The molecule has 0 aromatic rings. The van der Waals surface area contributed by atoms with Gasteiger partial charge in [0.25, 0.3) is 0 Å². The highest BCUT2D eigenvalue weighted by Gasteiger charge is 2.25. The first-order valence-corrected chi connectivity index (χ1v) is 6.74. The zero-order valence-corrected chi connectivity index (χ0v) is 10.1. The molecule has 1 atom stereocenters. The second kappa shape index (κ2) is 5.31. The van der Waals surface area contributed by atoms with Crippen LogP contribution in [-0.4, -0.2) is 25.2 Å². The van der Waals surface area contributed by atoms with Gasteiger partial charge in [-0.05, 0) is 45.2 Å². The van der Waals surface area contributed by atoms with Gasteiger partial charge >= 0.3 is 0 Å². The maximum absolute atomic E-state index is 3.65. The van der Waals surface area contributed by atoms with Gasteiger partial charge in [-0.3, -0.25) is 0 Å². The van der Waals surface area contributed by atoms with E-state index in [9.17, 15) is 0 Å². The van der Waals surface area contributed by atoms with Crippen LogP contribution in [0.5, 0.6) is 0 Å². The van der Waals surface area contributed by atoms with Crippen LogP contribution in [-0.2, 0) is 0 Å². The summed E-state index contributed by atoms with van der Waals surface area (Å²) in [4.78, 5) is 0. The SMILES string of the molecule is CC1(CNCCC2CCC2)CCCCN1. The molecule has 2 nitrogen and oxygen atoms in total. The Balaban J connectivity index is 1.55. The van der Waals surface area contributed by atoms with Crippen LogP contribution in [0.3, 0.4) is 0 Å². The van der Waals surface area contributed by atoms with Crippen molar-refractivity contribution in [2.75, 3.05) is 19.6 Å². The van der Waals surface area contributed by atoms with Gasteiger partial charge in [-0.15, -0.1) is 0 Å². The summed E-state index contributed by atoms with van der Waals surface area (Å²) in [5.41, 5.74) is 0.373. The standard InChI is InChI=1S/C13H26N2/c1-13(8-2-3-9-15-13)11-14-10-7-12-5-4-6-12/h12,14-15H,2-11H2,1H3. The summed E-state index contributed by atoms with van der Waals surface area (Å²) in [5.74, 6) is 1.05. The van der Waals surface area contributed by atoms with Crippen LogP contribution in [0.25, 0.3) is 0 Å². The molecule has 1 aliphatic heterocycles. The fraction of sp³-hybridized carbons (Fsp3) is 1.00. The van der Waals surface area contributed by atoms with Crippen molar-refractivity contribution < 1.29 is 0 Å². The van der Waals surface area contributed by atoms with Crippen LogP contribution < -0.4 is 10.6 Å². The molecule has 1 saturated heterocycles. The lowest BCUT2D eigenvalue weighted by Crippen LogP contribution is -2.52. The highest BCUT2D eigenvalue weighted by atomic mass is 15.0. The van der Waals surface area contributed by atoms with E-state index in [0.717, 1.165) is 12.5 Å². The Morgan fingerprint density at radius 3 is 2.73 bits per heavy atom. The maximum atomic E-state index is 3.65. The van der Waals surface area contributed by atoms with Gasteiger partial charge in [-0.2, -0.15) is 0 Å².